The van der Waals surface area contributed by atoms with Crippen LogP contribution in [0.1, 0.15) is 31.0 Å². The summed E-state index contributed by atoms with van der Waals surface area (Å²) in [5, 5.41) is 8.50. The summed E-state index contributed by atoms with van der Waals surface area (Å²) in [5.41, 5.74) is 0.807. The van der Waals surface area contributed by atoms with Gasteiger partial charge in [-0.1, -0.05) is 13.8 Å². The van der Waals surface area contributed by atoms with Gasteiger partial charge in [0.2, 0.25) is 0 Å². The van der Waals surface area contributed by atoms with E-state index in [1.165, 1.54) is 6.07 Å². The molecule has 0 aliphatic heterocycles. The van der Waals surface area contributed by atoms with Gasteiger partial charge in [0.1, 0.15) is 17.6 Å². The lowest BCUT2D eigenvalue weighted by Gasteiger charge is -2.05. The van der Waals surface area contributed by atoms with E-state index in [9.17, 15) is 4.39 Å². The van der Waals surface area contributed by atoms with E-state index in [0.717, 1.165) is 6.20 Å². The van der Waals surface area contributed by atoms with Crippen molar-refractivity contribution in [2.75, 3.05) is 0 Å². The molecule has 2 nitrogen and oxygen atoms in total. The maximum Gasteiger partial charge on any atom is 0.145 e. The molecule has 0 aromatic carbocycles. The average molecular weight is 164 g/mol. The standard InChI is InChI=1S/C9H9FN2/c1-6(2)8-3-7(4-11)12-5-9(8)10/h3,5-6H,1-2H3. The molecule has 0 fully saturated rings. The van der Waals surface area contributed by atoms with E-state index in [2.05, 4.69) is 4.98 Å². The van der Waals surface area contributed by atoms with Crippen LogP contribution in [0.4, 0.5) is 4.39 Å². The first-order valence-electron chi connectivity index (χ1n) is 3.70. The van der Waals surface area contributed by atoms with Gasteiger partial charge in [0.15, 0.2) is 0 Å². The number of nitriles is 1. The van der Waals surface area contributed by atoms with E-state index >= 15 is 0 Å². The number of hydrogen-bond acceptors (Lipinski definition) is 2. The molecule has 1 aromatic heterocycles. The molecule has 1 aromatic rings. The fraction of sp³-hybridized carbons (Fsp3) is 0.333. The second-order valence-corrected chi connectivity index (χ2v) is 2.86. The zero-order chi connectivity index (χ0) is 9.14. The largest absolute Gasteiger partial charge is 0.242 e. The minimum Gasteiger partial charge on any atom is -0.242 e. The summed E-state index contributed by atoms with van der Waals surface area (Å²) in [7, 11) is 0. The monoisotopic (exact) mass is 164 g/mol. The van der Waals surface area contributed by atoms with Crippen molar-refractivity contribution in [3.05, 3.63) is 29.3 Å². The van der Waals surface area contributed by atoms with Crippen LogP contribution < -0.4 is 0 Å². The summed E-state index contributed by atoms with van der Waals surface area (Å²) in [4.78, 5) is 3.60. The van der Waals surface area contributed by atoms with Crippen LogP contribution in [0.2, 0.25) is 0 Å². The van der Waals surface area contributed by atoms with Gasteiger partial charge in [-0.2, -0.15) is 5.26 Å². The third-order valence-electron chi connectivity index (χ3n) is 1.62. The molecule has 0 spiro atoms. The number of rotatable bonds is 1. The van der Waals surface area contributed by atoms with Crippen LogP contribution in [0.5, 0.6) is 0 Å². The van der Waals surface area contributed by atoms with Crippen LogP contribution in [0.3, 0.4) is 0 Å². The van der Waals surface area contributed by atoms with Gasteiger partial charge in [-0.3, -0.25) is 0 Å². The van der Waals surface area contributed by atoms with Crippen molar-refractivity contribution >= 4 is 0 Å². The van der Waals surface area contributed by atoms with Crippen LogP contribution >= 0.6 is 0 Å². The highest BCUT2D eigenvalue weighted by Gasteiger charge is 2.07. The molecular weight excluding hydrogens is 155 g/mol. The van der Waals surface area contributed by atoms with E-state index in [-0.39, 0.29) is 17.4 Å². The third kappa shape index (κ3) is 1.59. The van der Waals surface area contributed by atoms with Crippen LogP contribution in [0.15, 0.2) is 12.3 Å². The Balaban J connectivity index is 3.19. The smallest absolute Gasteiger partial charge is 0.145 e. The third-order valence-corrected chi connectivity index (χ3v) is 1.62. The lowest BCUT2D eigenvalue weighted by Crippen LogP contribution is -1.96. The summed E-state index contributed by atoms with van der Waals surface area (Å²) >= 11 is 0. The summed E-state index contributed by atoms with van der Waals surface area (Å²) in [6, 6.07) is 3.36. The molecule has 3 heteroatoms. The second-order valence-electron chi connectivity index (χ2n) is 2.86. The molecule has 62 valence electrons. The number of hydrogen-bond donors (Lipinski definition) is 0. The van der Waals surface area contributed by atoms with Crippen molar-refractivity contribution in [1.29, 1.82) is 5.26 Å². The normalized spacial score (nSPS) is 9.92. The molecule has 12 heavy (non-hydrogen) atoms. The van der Waals surface area contributed by atoms with Gasteiger partial charge in [0, 0.05) is 0 Å². The van der Waals surface area contributed by atoms with Crippen molar-refractivity contribution in [2.24, 2.45) is 0 Å². The van der Waals surface area contributed by atoms with Gasteiger partial charge >= 0.3 is 0 Å². The Morgan fingerprint density at radius 1 is 1.58 bits per heavy atom. The van der Waals surface area contributed by atoms with Crippen molar-refractivity contribution in [3.8, 4) is 6.07 Å². The van der Waals surface area contributed by atoms with Crippen molar-refractivity contribution < 1.29 is 4.39 Å². The summed E-state index contributed by atoms with van der Waals surface area (Å²) in [6.45, 7) is 3.75. The molecular formula is C9H9FN2. The van der Waals surface area contributed by atoms with Gasteiger partial charge in [0.05, 0.1) is 6.20 Å². The Bertz CT molecular complexity index is 326. The van der Waals surface area contributed by atoms with Gasteiger partial charge in [-0.05, 0) is 17.5 Å². The zero-order valence-corrected chi connectivity index (χ0v) is 7.00. The van der Waals surface area contributed by atoms with E-state index < -0.39 is 0 Å². The molecule has 0 saturated carbocycles. The summed E-state index contributed by atoms with van der Waals surface area (Å²) in [5.74, 6) is -0.260. The molecule has 1 heterocycles. The fourth-order valence-corrected chi connectivity index (χ4v) is 0.958. The highest BCUT2D eigenvalue weighted by molar-refractivity contribution is 5.28. The number of aromatic nitrogens is 1. The van der Waals surface area contributed by atoms with E-state index in [0.29, 0.717) is 5.56 Å². The Morgan fingerprint density at radius 2 is 2.25 bits per heavy atom. The molecule has 1 rings (SSSR count). The van der Waals surface area contributed by atoms with Crippen LogP contribution in [0.25, 0.3) is 0 Å². The molecule has 0 aliphatic carbocycles. The molecule has 0 amide bonds. The first-order valence-corrected chi connectivity index (χ1v) is 3.70. The lowest BCUT2D eigenvalue weighted by molar-refractivity contribution is 0.591. The highest BCUT2D eigenvalue weighted by Crippen LogP contribution is 2.17. The number of halogens is 1. The summed E-state index contributed by atoms with van der Waals surface area (Å²) < 4.78 is 13.0. The molecule has 0 aliphatic rings. The molecule has 0 unspecified atom stereocenters. The fourth-order valence-electron chi connectivity index (χ4n) is 0.958. The molecule has 0 radical (unpaired) electrons. The molecule has 0 saturated heterocycles. The van der Waals surface area contributed by atoms with E-state index in [1.807, 2.05) is 19.9 Å². The van der Waals surface area contributed by atoms with Crippen molar-refractivity contribution in [1.82, 2.24) is 4.98 Å². The summed E-state index contributed by atoms with van der Waals surface area (Å²) in [6.07, 6.45) is 1.09. The maximum absolute atomic E-state index is 13.0. The van der Waals surface area contributed by atoms with Crippen molar-refractivity contribution in [3.63, 3.8) is 0 Å². The highest BCUT2D eigenvalue weighted by atomic mass is 19.1. The lowest BCUT2D eigenvalue weighted by atomic mass is 10.0. The Kier molecular flexibility index (Phi) is 2.39. The van der Waals surface area contributed by atoms with E-state index in [1.54, 1.807) is 0 Å². The quantitative estimate of drug-likeness (QED) is 0.638. The van der Waals surface area contributed by atoms with Gasteiger partial charge < -0.3 is 0 Å². The van der Waals surface area contributed by atoms with E-state index in [4.69, 9.17) is 5.26 Å². The van der Waals surface area contributed by atoms with Crippen LogP contribution in [0, 0.1) is 17.1 Å². The van der Waals surface area contributed by atoms with Crippen molar-refractivity contribution in [2.45, 2.75) is 19.8 Å². The molecule has 0 atom stereocenters. The minimum atomic E-state index is -0.344. The predicted octanol–water partition coefficient (Wildman–Crippen LogP) is 2.22. The Morgan fingerprint density at radius 3 is 2.75 bits per heavy atom. The SMILES string of the molecule is CC(C)c1cc(C#N)ncc1F. The first kappa shape index (κ1) is 8.66. The second kappa shape index (κ2) is 3.31. The van der Waals surface area contributed by atoms with Gasteiger partial charge in [-0.15, -0.1) is 0 Å². The minimum absolute atomic E-state index is 0.0834. The first-order chi connectivity index (χ1) is 5.65. The van der Waals surface area contributed by atoms with Gasteiger partial charge in [-0.25, -0.2) is 9.37 Å². The number of pyridine rings is 1. The Hall–Kier alpha value is -1.43. The topological polar surface area (TPSA) is 36.7 Å². The number of nitrogens with zero attached hydrogens (tertiary/aromatic N) is 2. The molecule has 0 N–H and O–H groups in total. The maximum atomic E-state index is 13.0. The molecule has 0 bridgehead atoms. The van der Waals surface area contributed by atoms with Crippen LogP contribution in [-0.4, -0.2) is 4.98 Å². The van der Waals surface area contributed by atoms with Gasteiger partial charge in [0.25, 0.3) is 0 Å². The average Bonchev–Trinajstić information content (AvgIpc) is 2.05. The zero-order valence-electron chi connectivity index (χ0n) is 7.00. The predicted molar refractivity (Wildman–Crippen MR) is 43.0 cm³/mol. The van der Waals surface area contributed by atoms with Crippen LogP contribution in [-0.2, 0) is 0 Å². The Labute approximate surface area is 70.7 Å².